The van der Waals surface area contributed by atoms with Gasteiger partial charge in [0.15, 0.2) is 0 Å². The average molecular weight is 210 g/mol. The van der Waals surface area contributed by atoms with Crippen molar-refractivity contribution in [3.8, 4) is 0 Å². The molecule has 0 aromatic carbocycles. The van der Waals surface area contributed by atoms with Crippen LogP contribution >= 0.6 is 0 Å². The van der Waals surface area contributed by atoms with Crippen LogP contribution in [-0.4, -0.2) is 36.6 Å². The quantitative estimate of drug-likeness (QED) is 0.749. The van der Waals surface area contributed by atoms with E-state index in [1.165, 1.54) is 51.7 Å². The SMILES string of the molecule is CCC(CNC1CC1)N1CCC(C)CC1. The monoisotopic (exact) mass is 210 g/mol. The molecule has 0 amide bonds. The number of nitrogens with one attached hydrogen (secondary N) is 1. The molecule has 15 heavy (non-hydrogen) atoms. The Hall–Kier alpha value is -0.0800. The van der Waals surface area contributed by atoms with Gasteiger partial charge in [-0.15, -0.1) is 0 Å². The lowest BCUT2D eigenvalue weighted by Gasteiger charge is -2.36. The van der Waals surface area contributed by atoms with E-state index < -0.39 is 0 Å². The lowest BCUT2D eigenvalue weighted by molar-refractivity contribution is 0.132. The summed E-state index contributed by atoms with van der Waals surface area (Å²) < 4.78 is 0. The zero-order valence-corrected chi connectivity index (χ0v) is 10.3. The standard InChI is InChI=1S/C13H26N2/c1-3-13(10-14-12-4-5-12)15-8-6-11(2)7-9-15/h11-14H,3-10H2,1-2H3. The third-order valence-electron chi connectivity index (χ3n) is 4.03. The highest BCUT2D eigenvalue weighted by Gasteiger charge is 2.25. The van der Waals surface area contributed by atoms with Gasteiger partial charge in [-0.3, -0.25) is 4.90 Å². The summed E-state index contributed by atoms with van der Waals surface area (Å²) in [5.41, 5.74) is 0. The van der Waals surface area contributed by atoms with E-state index in [-0.39, 0.29) is 0 Å². The zero-order valence-electron chi connectivity index (χ0n) is 10.3. The summed E-state index contributed by atoms with van der Waals surface area (Å²) in [6.45, 7) is 8.59. The first-order valence-electron chi connectivity index (χ1n) is 6.77. The van der Waals surface area contributed by atoms with E-state index in [4.69, 9.17) is 0 Å². The Balaban J connectivity index is 1.72. The Bertz CT molecular complexity index is 181. The second-order valence-corrected chi connectivity index (χ2v) is 5.46. The van der Waals surface area contributed by atoms with Crippen LogP contribution in [-0.2, 0) is 0 Å². The van der Waals surface area contributed by atoms with Gasteiger partial charge >= 0.3 is 0 Å². The normalized spacial score (nSPS) is 26.8. The minimum atomic E-state index is 0.790. The van der Waals surface area contributed by atoms with Gasteiger partial charge in [0.25, 0.3) is 0 Å². The van der Waals surface area contributed by atoms with Crippen molar-refractivity contribution < 1.29 is 0 Å². The van der Waals surface area contributed by atoms with Gasteiger partial charge in [-0.25, -0.2) is 0 Å². The van der Waals surface area contributed by atoms with E-state index in [1.54, 1.807) is 0 Å². The molecule has 1 heterocycles. The van der Waals surface area contributed by atoms with Crippen molar-refractivity contribution >= 4 is 0 Å². The van der Waals surface area contributed by atoms with Crippen molar-refractivity contribution in [2.24, 2.45) is 5.92 Å². The van der Waals surface area contributed by atoms with E-state index in [9.17, 15) is 0 Å². The largest absolute Gasteiger partial charge is 0.312 e. The van der Waals surface area contributed by atoms with Gasteiger partial charge in [0.1, 0.15) is 0 Å². The molecule has 2 heteroatoms. The molecule has 1 unspecified atom stereocenters. The molecule has 0 aromatic rings. The summed E-state index contributed by atoms with van der Waals surface area (Å²) in [6.07, 6.45) is 6.93. The van der Waals surface area contributed by atoms with Gasteiger partial charge in [-0.1, -0.05) is 13.8 Å². The van der Waals surface area contributed by atoms with Crippen LogP contribution < -0.4 is 5.32 Å². The van der Waals surface area contributed by atoms with Gasteiger partial charge in [-0.05, 0) is 51.1 Å². The Morgan fingerprint density at radius 1 is 1.20 bits per heavy atom. The van der Waals surface area contributed by atoms with E-state index >= 15 is 0 Å². The fourth-order valence-electron chi connectivity index (χ4n) is 2.52. The maximum atomic E-state index is 3.67. The van der Waals surface area contributed by atoms with E-state index in [1.807, 2.05) is 0 Å². The smallest absolute Gasteiger partial charge is 0.0218 e. The summed E-state index contributed by atoms with van der Waals surface area (Å²) in [5, 5.41) is 3.67. The Morgan fingerprint density at radius 3 is 2.40 bits per heavy atom. The second-order valence-electron chi connectivity index (χ2n) is 5.46. The third-order valence-corrected chi connectivity index (χ3v) is 4.03. The van der Waals surface area contributed by atoms with Crippen molar-refractivity contribution in [3.63, 3.8) is 0 Å². The minimum absolute atomic E-state index is 0.790. The predicted molar refractivity (Wildman–Crippen MR) is 65.1 cm³/mol. The van der Waals surface area contributed by atoms with Crippen molar-refractivity contribution in [1.29, 1.82) is 0 Å². The van der Waals surface area contributed by atoms with Crippen molar-refractivity contribution in [1.82, 2.24) is 10.2 Å². The first-order chi connectivity index (χ1) is 7.29. The number of piperidine rings is 1. The maximum Gasteiger partial charge on any atom is 0.0218 e. The number of likely N-dealkylation sites (tertiary alicyclic amines) is 1. The van der Waals surface area contributed by atoms with E-state index in [2.05, 4.69) is 24.1 Å². The zero-order chi connectivity index (χ0) is 10.7. The van der Waals surface area contributed by atoms with E-state index in [0.717, 1.165) is 18.0 Å². The van der Waals surface area contributed by atoms with Crippen molar-refractivity contribution in [2.45, 2.75) is 58.0 Å². The van der Waals surface area contributed by atoms with Crippen LogP contribution in [0.4, 0.5) is 0 Å². The molecule has 88 valence electrons. The highest BCUT2D eigenvalue weighted by Crippen LogP contribution is 2.21. The van der Waals surface area contributed by atoms with Gasteiger partial charge in [-0.2, -0.15) is 0 Å². The highest BCUT2D eigenvalue weighted by atomic mass is 15.2. The molecule has 1 atom stereocenters. The molecule has 2 fully saturated rings. The van der Waals surface area contributed by atoms with Crippen LogP contribution in [0.3, 0.4) is 0 Å². The summed E-state index contributed by atoms with van der Waals surface area (Å²) in [5.74, 6) is 0.954. The first kappa shape index (κ1) is 11.4. The minimum Gasteiger partial charge on any atom is -0.312 e. The van der Waals surface area contributed by atoms with Crippen LogP contribution in [0, 0.1) is 5.92 Å². The highest BCUT2D eigenvalue weighted by molar-refractivity contribution is 4.85. The Kier molecular flexibility index (Phi) is 4.04. The van der Waals surface area contributed by atoms with Crippen LogP contribution in [0.5, 0.6) is 0 Å². The second kappa shape index (κ2) is 5.31. The molecule has 2 rings (SSSR count). The number of hydrogen-bond acceptors (Lipinski definition) is 2. The number of nitrogens with zero attached hydrogens (tertiary/aromatic N) is 1. The molecule has 0 radical (unpaired) electrons. The lowest BCUT2D eigenvalue weighted by atomic mass is 9.97. The van der Waals surface area contributed by atoms with Crippen molar-refractivity contribution in [3.05, 3.63) is 0 Å². The first-order valence-corrected chi connectivity index (χ1v) is 6.77. The summed E-state index contributed by atoms with van der Waals surface area (Å²) in [4.78, 5) is 2.70. The van der Waals surface area contributed by atoms with Gasteiger partial charge in [0, 0.05) is 18.6 Å². The summed E-state index contributed by atoms with van der Waals surface area (Å²) in [6, 6.07) is 1.65. The Labute approximate surface area is 94.4 Å². The fourth-order valence-corrected chi connectivity index (χ4v) is 2.52. The van der Waals surface area contributed by atoms with Gasteiger partial charge < -0.3 is 5.32 Å². The molecule has 0 bridgehead atoms. The summed E-state index contributed by atoms with van der Waals surface area (Å²) in [7, 11) is 0. The molecule has 1 saturated carbocycles. The summed E-state index contributed by atoms with van der Waals surface area (Å²) >= 11 is 0. The molecule has 1 aliphatic heterocycles. The Morgan fingerprint density at radius 2 is 1.87 bits per heavy atom. The molecule has 1 aliphatic carbocycles. The molecule has 0 spiro atoms. The molecule has 2 nitrogen and oxygen atoms in total. The van der Waals surface area contributed by atoms with Crippen LogP contribution in [0.1, 0.15) is 46.0 Å². The number of hydrogen-bond donors (Lipinski definition) is 1. The topological polar surface area (TPSA) is 15.3 Å². The van der Waals surface area contributed by atoms with Gasteiger partial charge in [0.2, 0.25) is 0 Å². The fraction of sp³-hybridized carbons (Fsp3) is 1.00. The molecule has 0 aromatic heterocycles. The van der Waals surface area contributed by atoms with Gasteiger partial charge in [0.05, 0.1) is 0 Å². The lowest BCUT2D eigenvalue weighted by Crippen LogP contribution is -2.46. The molecule has 2 aliphatic rings. The molecular weight excluding hydrogens is 184 g/mol. The van der Waals surface area contributed by atoms with Crippen LogP contribution in [0.2, 0.25) is 0 Å². The van der Waals surface area contributed by atoms with E-state index in [0.29, 0.717) is 0 Å². The predicted octanol–water partition coefficient (Wildman–Crippen LogP) is 2.25. The van der Waals surface area contributed by atoms with Crippen LogP contribution in [0.15, 0.2) is 0 Å². The number of rotatable bonds is 5. The van der Waals surface area contributed by atoms with Crippen molar-refractivity contribution in [2.75, 3.05) is 19.6 Å². The maximum absolute atomic E-state index is 3.67. The third kappa shape index (κ3) is 3.46. The average Bonchev–Trinajstić information content (AvgIpc) is 3.05. The molecule has 1 N–H and O–H groups in total. The van der Waals surface area contributed by atoms with Crippen LogP contribution in [0.25, 0.3) is 0 Å². The molecule has 1 saturated heterocycles. The molecular formula is C13H26N2.